The van der Waals surface area contributed by atoms with Gasteiger partial charge in [-0.05, 0) is 72.3 Å². The smallest absolute Gasteiger partial charge is 0.291 e. The van der Waals surface area contributed by atoms with Gasteiger partial charge in [-0.2, -0.15) is 0 Å². The molecule has 112 valence electrons. The van der Waals surface area contributed by atoms with E-state index in [2.05, 4.69) is 43.8 Å². The molecule has 0 saturated carbocycles. The van der Waals surface area contributed by atoms with Crippen LogP contribution in [0.4, 0.5) is 5.69 Å². The summed E-state index contributed by atoms with van der Waals surface area (Å²) in [5.41, 5.74) is 3.50. The molecule has 3 nitrogen and oxygen atoms in total. The topological polar surface area (TPSA) is 42.2 Å². The van der Waals surface area contributed by atoms with Crippen molar-refractivity contribution in [1.29, 1.82) is 0 Å². The van der Waals surface area contributed by atoms with Gasteiger partial charge in [-0.15, -0.1) is 0 Å². The Morgan fingerprint density at radius 1 is 1.18 bits per heavy atom. The zero-order valence-electron chi connectivity index (χ0n) is 12.0. The van der Waals surface area contributed by atoms with Crippen LogP contribution >= 0.6 is 38.5 Å². The van der Waals surface area contributed by atoms with Crippen LogP contribution in [0.2, 0.25) is 0 Å². The van der Waals surface area contributed by atoms with E-state index in [1.54, 1.807) is 0 Å². The van der Waals surface area contributed by atoms with Crippen LogP contribution in [0, 0.1) is 17.4 Å². The molecule has 0 aliphatic carbocycles. The number of carbonyl (C=O) groups is 1. The number of hydrogen-bond donors (Lipinski definition) is 1. The van der Waals surface area contributed by atoms with Crippen molar-refractivity contribution in [2.24, 2.45) is 0 Å². The van der Waals surface area contributed by atoms with Crippen molar-refractivity contribution in [3.8, 4) is 0 Å². The van der Waals surface area contributed by atoms with E-state index in [0.717, 1.165) is 24.7 Å². The number of amides is 1. The van der Waals surface area contributed by atoms with E-state index in [1.807, 2.05) is 50.2 Å². The van der Waals surface area contributed by atoms with Gasteiger partial charge in [0.2, 0.25) is 0 Å². The number of aryl methyl sites for hydroxylation is 2. The van der Waals surface area contributed by atoms with E-state index in [-0.39, 0.29) is 5.91 Å². The van der Waals surface area contributed by atoms with Crippen LogP contribution in [-0.4, -0.2) is 5.91 Å². The van der Waals surface area contributed by atoms with Gasteiger partial charge < -0.3 is 9.73 Å². The van der Waals surface area contributed by atoms with Crippen LogP contribution < -0.4 is 5.32 Å². The first-order valence-electron chi connectivity index (χ1n) is 6.72. The highest BCUT2D eigenvalue weighted by atomic mass is 127. The lowest BCUT2D eigenvalue weighted by Crippen LogP contribution is -2.12. The average molecular weight is 470 g/mol. The summed E-state index contributed by atoms with van der Waals surface area (Å²) in [5.74, 6) is 0.119. The SMILES string of the molecule is Cc1ccc(NC(=O)c2oc3ccc(Br)cc3c2C)cc1I. The van der Waals surface area contributed by atoms with Gasteiger partial charge in [0, 0.05) is 24.7 Å². The fourth-order valence-corrected chi connectivity index (χ4v) is 3.14. The lowest BCUT2D eigenvalue weighted by atomic mass is 10.1. The number of benzene rings is 2. The Kier molecular flexibility index (Phi) is 4.27. The van der Waals surface area contributed by atoms with Gasteiger partial charge in [0.1, 0.15) is 5.58 Å². The molecule has 0 saturated heterocycles. The molecule has 22 heavy (non-hydrogen) atoms. The molecule has 3 aromatic rings. The fourth-order valence-electron chi connectivity index (χ4n) is 2.27. The van der Waals surface area contributed by atoms with Crippen molar-refractivity contribution in [2.75, 3.05) is 5.32 Å². The molecule has 1 aromatic heterocycles. The predicted octanol–water partition coefficient (Wildman–Crippen LogP) is 5.67. The summed E-state index contributed by atoms with van der Waals surface area (Å²) >= 11 is 5.69. The van der Waals surface area contributed by atoms with Gasteiger partial charge in [-0.1, -0.05) is 22.0 Å². The summed E-state index contributed by atoms with van der Waals surface area (Å²) < 4.78 is 7.78. The molecule has 0 unspecified atom stereocenters. The average Bonchev–Trinajstić information content (AvgIpc) is 2.80. The molecule has 0 aliphatic rings. The summed E-state index contributed by atoms with van der Waals surface area (Å²) in [6.07, 6.45) is 0. The zero-order chi connectivity index (χ0) is 15.9. The van der Waals surface area contributed by atoms with E-state index in [9.17, 15) is 4.79 Å². The predicted molar refractivity (Wildman–Crippen MR) is 101 cm³/mol. The fraction of sp³-hybridized carbons (Fsp3) is 0.118. The van der Waals surface area contributed by atoms with Crippen molar-refractivity contribution in [3.63, 3.8) is 0 Å². The number of furan rings is 1. The summed E-state index contributed by atoms with van der Waals surface area (Å²) in [6, 6.07) is 11.5. The molecule has 0 atom stereocenters. The maximum atomic E-state index is 12.5. The van der Waals surface area contributed by atoms with E-state index >= 15 is 0 Å². The Hall–Kier alpha value is -1.34. The number of fused-ring (bicyclic) bond motifs is 1. The molecule has 1 amide bonds. The second-order valence-electron chi connectivity index (χ2n) is 5.11. The highest BCUT2D eigenvalue weighted by Crippen LogP contribution is 2.28. The molecule has 0 radical (unpaired) electrons. The summed E-state index contributed by atoms with van der Waals surface area (Å²) in [4.78, 5) is 12.5. The number of anilines is 1. The molecular formula is C17H13BrINO2. The largest absolute Gasteiger partial charge is 0.451 e. The molecule has 0 fully saturated rings. The van der Waals surface area contributed by atoms with E-state index in [1.165, 1.54) is 5.56 Å². The van der Waals surface area contributed by atoms with Gasteiger partial charge in [-0.3, -0.25) is 4.79 Å². The van der Waals surface area contributed by atoms with E-state index in [0.29, 0.717) is 11.3 Å². The minimum Gasteiger partial charge on any atom is -0.451 e. The van der Waals surface area contributed by atoms with Crippen LogP contribution in [0.1, 0.15) is 21.7 Å². The Balaban J connectivity index is 1.95. The maximum absolute atomic E-state index is 12.5. The van der Waals surface area contributed by atoms with Gasteiger partial charge in [0.05, 0.1) is 0 Å². The Morgan fingerprint density at radius 2 is 1.95 bits per heavy atom. The molecule has 5 heteroatoms. The molecule has 0 bridgehead atoms. The van der Waals surface area contributed by atoms with E-state index in [4.69, 9.17) is 4.42 Å². The molecular weight excluding hydrogens is 457 g/mol. The summed E-state index contributed by atoms with van der Waals surface area (Å²) in [7, 11) is 0. The highest BCUT2D eigenvalue weighted by molar-refractivity contribution is 14.1. The monoisotopic (exact) mass is 469 g/mol. The molecule has 0 spiro atoms. The molecule has 1 heterocycles. The van der Waals surface area contributed by atoms with Crippen molar-refractivity contribution in [1.82, 2.24) is 0 Å². The first-order valence-corrected chi connectivity index (χ1v) is 8.59. The molecule has 2 aromatic carbocycles. The van der Waals surface area contributed by atoms with Crippen molar-refractivity contribution in [3.05, 3.63) is 61.3 Å². The van der Waals surface area contributed by atoms with Gasteiger partial charge in [0.15, 0.2) is 5.76 Å². The van der Waals surface area contributed by atoms with Crippen LogP contribution in [0.15, 0.2) is 45.3 Å². The Labute approximate surface area is 150 Å². The van der Waals surface area contributed by atoms with Crippen LogP contribution in [-0.2, 0) is 0 Å². The van der Waals surface area contributed by atoms with Crippen LogP contribution in [0.3, 0.4) is 0 Å². The minimum absolute atomic E-state index is 0.232. The number of rotatable bonds is 2. The third-order valence-corrected chi connectivity index (χ3v) is 5.19. The standard InChI is InChI=1S/C17H13BrINO2/c1-9-3-5-12(8-14(9)19)20-17(21)16-10(2)13-7-11(18)4-6-15(13)22-16/h3-8H,1-2H3,(H,20,21). The molecule has 3 rings (SSSR count). The van der Waals surface area contributed by atoms with Crippen molar-refractivity contribution < 1.29 is 9.21 Å². The third kappa shape index (κ3) is 2.92. The second-order valence-corrected chi connectivity index (χ2v) is 7.19. The minimum atomic E-state index is -0.232. The number of carbonyl (C=O) groups excluding carboxylic acids is 1. The maximum Gasteiger partial charge on any atom is 0.291 e. The summed E-state index contributed by atoms with van der Waals surface area (Å²) in [6.45, 7) is 3.93. The zero-order valence-corrected chi connectivity index (χ0v) is 15.8. The highest BCUT2D eigenvalue weighted by Gasteiger charge is 2.18. The van der Waals surface area contributed by atoms with Gasteiger partial charge in [0.25, 0.3) is 5.91 Å². The Bertz CT molecular complexity index is 886. The van der Waals surface area contributed by atoms with Crippen LogP contribution in [0.5, 0.6) is 0 Å². The number of halogens is 2. The lowest BCUT2D eigenvalue weighted by molar-refractivity contribution is 0.0998. The van der Waals surface area contributed by atoms with E-state index < -0.39 is 0 Å². The quantitative estimate of drug-likeness (QED) is 0.491. The summed E-state index contributed by atoms with van der Waals surface area (Å²) in [5, 5.41) is 3.84. The van der Waals surface area contributed by atoms with Crippen molar-refractivity contribution >= 4 is 61.1 Å². The number of hydrogen-bond acceptors (Lipinski definition) is 2. The lowest BCUT2D eigenvalue weighted by Gasteiger charge is -2.06. The van der Waals surface area contributed by atoms with Crippen LogP contribution in [0.25, 0.3) is 11.0 Å². The first kappa shape index (κ1) is 15.6. The Morgan fingerprint density at radius 3 is 2.68 bits per heavy atom. The van der Waals surface area contributed by atoms with Crippen molar-refractivity contribution in [2.45, 2.75) is 13.8 Å². The third-order valence-electron chi connectivity index (χ3n) is 3.53. The number of nitrogens with one attached hydrogen (secondary N) is 1. The second kappa shape index (κ2) is 6.04. The normalized spacial score (nSPS) is 10.9. The molecule has 0 aliphatic heterocycles. The van der Waals surface area contributed by atoms with Gasteiger partial charge >= 0.3 is 0 Å². The van der Waals surface area contributed by atoms with Gasteiger partial charge in [-0.25, -0.2) is 0 Å². The molecule has 1 N–H and O–H groups in total. The first-order chi connectivity index (χ1) is 10.5.